The predicted octanol–water partition coefficient (Wildman–Crippen LogP) is 3.57. The van der Waals surface area contributed by atoms with Gasteiger partial charge in [-0.15, -0.1) is 0 Å². The molecule has 2 aromatic carbocycles. The Morgan fingerprint density at radius 3 is 2.23 bits per heavy atom. The Labute approximate surface area is 129 Å². The minimum Gasteiger partial charge on any atom is -0.495 e. The zero-order valence-corrected chi connectivity index (χ0v) is 12.6. The molecule has 0 fully saturated rings. The Hall–Kier alpha value is -1.93. The third-order valence-electron chi connectivity index (χ3n) is 2.65. The zero-order valence-electron chi connectivity index (χ0n) is 11.0. The molecule has 2 aromatic rings. The molecule has 0 aliphatic carbocycles. The molecule has 22 heavy (non-hydrogen) atoms. The van der Waals surface area contributed by atoms with Crippen LogP contribution in [-0.2, 0) is 10.0 Å². The van der Waals surface area contributed by atoms with E-state index in [-0.39, 0.29) is 15.7 Å². The lowest BCUT2D eigenvalue weighted by Crippen LogP contribution is -2.14. The summed E-state index contributed by atoms with van der Waals surface area (Å²) in [6, 6.07) is 4.89. The molecule has 0 unspecified atom stereocenters. The Morgan fingerprint density at radius 2 is 1.68 bits per heavy atom. The van der Waals surface area contributed by atoms with Gasteiger partial charge in [-0.2, -0.15) is 0 Å². The van der Waals surface area contributed by atoms with E-state index in [4.69, 9.17) is 16.3 Å². The second-order valence-corrected chi connectivity index (χ2v) is 6.24. The maximum atomic E-state index is 13.1. The van der Waals surface area contributed by atoms with E-state index in [2.05, 4.69) is 0 Å². The highest BCUT2D eigenvalue weighted by Crippen LogP contribution is 2.29. The molecule has 0 aromatic heterocycles. The molecule has 0 aliphatic heterocycles. The van der Waals surface area contributed by atoms with Crippen LogP contribution in [0.3, 0.4) is 0 Å². The molecule has 0 saturated carbocycles. The van der Waals surface area contributed by atoms with E-state index >= 15 is 0 Å². The van der Waals surface area contributed by atoms with Gasteiger partial charge in [-0.3, -0.25) is 4.72 Å². The van der Waals surface area contributed by atoms with Crippen LogP contribution in [0.4, 0.5) is 18.9 Å². The highest BCUT2D eigenvalue weighted by atomic mass is 35.5. The van der Waals surface area contributed by atoms with Gasteiger partial charge in [0, 0.05) is 17.2 Å². The summed E-state index contributed by atoms with van der Waals surface area (Å²) in [7, 11) is -2.99. The summed E-state index contributed by atoms with van der Waals surface area (Å²) in [5.41, 5.74) is -0.474. The summed E-state index contributed by atoms with van der Waals surface area (Å²) in [4.78, 5) is -0.326. The van der Waals surface area contributed by atoms with Gasteiger partial charge in [0.05, 0.1) is 12.8 Å². The van der Waals surface area contributed by atoms with E-state index < -0.39 is 33.2 Å². The molecular weight excluding hydrogens is 343 g/mol. The van der Waals surface area contributed by atoms with Crippen LogP contribution in [0.5, 0.6) is 5.75 Å². The van der Waals surface area contributed by atoms with Gasteiger partial charge in [0.15, 0.2) is 17.5 Å². The largest absolute Gasteiger partial charge is 0.495 e. The first-order valence-corrected chi connectivity index (χ1v) is 7.61. The lowest BCUT2D eigenvalue weighted by atomic mass is 10.3. The van der Waals surface area contributed by atoms with Crippen molar-refractivity contribution in [2.45, 2.75) is 4.90 Å². The quantitative estimate of drug-likeness (QED) is 0.857. The Bertz CT molecular complexity index is 804. The molecular formula is C13H9ClF3NO3S. The predicted molar refractivity (Wildman–Crippen MR) is 75.1 cm³/mol. The maximum absolute atomic E-state index is 13.1. The van der Waals surface area contributed by atoms with Crippen LogP contribution in [0, 0.1) is 17.5 Å². The van der Waals surface area contributed by atoms with Crippen molar-refractivity contribution in [3.05, 3.63) is 52.8 Å². The van der Waals surface area contributed by atoms with Crippen molar-refractivity contribution in [1.29, 1.82) is 0 Å². The van der Waals surface area contributed by atoms with Crippen molar-refractivity contribution >= 4 is 27.3 Å². The van der Waals surface area contributed by atoms with Crippen LogP contribution in [-0.4, -0.2) is 15.5 Å². The Morgan fingerprint density at radius 1 is 1.09 bits per heavy atom. The Kier molecular flexibility index (Phi) is 4.52. The van der Waals surface area contributed by atoms with Gasteiger partial charge in [-0.25, -0.2) is 21.6 Å². The molecule has 0 bridgehead atoms. The number of anilines is 1. The fraction of sp³-hybridized carbons (Fsp3) is 0.0769. The van der Waals surface area contributed by atoms with E-state index in [1.807, 2.05) is 4.72 Å². The van der Waals surface area contributed by atoms with Gasteiger partial charge < -0.3 is 4.74 Å². The fourth-order valence-corrected chi connectivity index (χ4v) is 3.16. The van der Waals surface area contributed by atoms with E-state index in [1.54, 1.807) is 0 Å². The van der Waals surface area contributed by atoms with Crippen LogP contribution in [0.1, 0.15) is 0 Å². The molecule has 0 radical (unpaired) electrons. The number of halogens is 4. The van der Waals surface area contributed by atoms with Crippen molar-refractivity contribution < 1.29 is 26.3 Å². The minimum absolute atomic E-state index is 0.0139. The molecule has 4 nitrogen and oxygen atoms in total. The first-order valence-electron chi connectivity index (χ1n) is 5.75. The SMILES string of the molecule is COc1ccc(Cl)cc1S(=O)(=O)Nc1cc(F)c(F)c(F)c1. The highest BCUT2D eigenvalue weighted by molar-refractivity contribution is 7.92. The molecule has 2 rings (SSSR count). The Balaban J connectivity index is 2.46. The van der Waals surface area contributed by atoms with Crippen molar-refractivity contribution in [3.63, 3.8) is 0 Å². The van der Waals surface area contributed by atoms with Gasteiger partial charge in [0.1, 0.15) is 10.6 Å². The molecule has 0 aliphatic rings. The van der Waals surface area contributed by atoms with Gasteiger partial charge >= 0.3 is 0 Å². The number of rotatable bonds is 4. The van der Waals surface area contributed by atoms with Gasteiger partial charge in [-0.05, 0) is 18.2 Å². The van der Waals surface area contributed by atoms with E-state index in [1.165, 1.54) is 19.2 Å². The molecule has 9 heteroatoms. The number of hydrogen-bond donors (Lipinski definition) is 1. The number of nitrogens with one attached hydrogen (secondary N) is 1. The summed E-state index contributed by atoms with van der Waals surface area (Å²) >= 11 is 5.74. The lowest BCUT2D eigenvalue weighted by molar-refractivity contribution is 0.403. The zero-order chi connectivity index (χ0) is 16.5. The number of ether oxygens (including phenoxy) is 1. The smallest absolute Gasteiger partial charge is 0.265 e. The molecule has 0 heterocycles. The van der Waals surface area contributed by atoms with E-state index in [0.29, 0.717) is 12.1 Å². The van der Waals surface area contributed by atoms with Crippen LogP contribution in [0.15, 0.2) is 35.2 Å². The first kappa shape index (κ1) is 16.4. The third-order valence-corrected chi connectivity index (χ3v) is 4.29. The second kappa shape index (κ2) is 6.05. The normalized spacial score (nSPS) is 11.3. The van der Waals surface area contributed by atoms with Crippen molar-refractivity contribution in [1.82, 2.24) is 0 Å². The summed E-state index contributed by atoms with van der Waals surface area (Å²) in [5, 5.41) is 0.123. The van der Waals surface area contributed by atoms with Gasteiger partial charge in [-0.1, -0.05) is 11.6 Å². The van der Waals surface area contributed by atoms with Crippen molar-refractivity contribution in [2.24, 2.45) is 0 Å². The first-order chi connectivity index (χ1) is 10.2. The number of hydrogen-bond acceptors (Lipinski definition) is 3. The summed E-state index contributed by atoms with van der Waals surface area (Å²) < 4.78 is 70.5. The summed E-state index contributed by atoms with van der Waals surface area (Å²) in [6.07, 6.45) is 0. The molecule has 1 N–H and O–H groups in total. The van der Waals surface area contributed by atoms with Crippen LogP contribution >= 0.6 is 11.6 Å². The van der Waals surface area contributed by atoms with Crippen LogP contribution in [0.25, 0.3) is 0 Å². The van der Waals surface area contributed by atoms with Crippen LogP contribution < -0.4 is 9.46 Å². The lowest BCUT2D eigenvalue weighted by Gasteiger charge is -2.12. The average molecular weight is 352 g/mol. The monoisotopic (exact) mass is 351 g/mol. The topological polar surface area (TPSA) is 55.4 Å². The number of benzene rings is 2. The molecule has 0 spiro atoms. The standard InChI is InChI=1S/C13H9ClF3NO3S/c1-21-11-3-2-7(14)4-12(11)22(19,20)18-8-5-9(15)13(17)10(16)6-8/h2-6,18H,1H3. The molecule has 0 atom stereocenters. The fourth-order valence-electron chi connectivity index (χ4n) is 1.69. The van der Waals surface area contributed by atoms with Gasteiger partial charge in [0.25, 0.3) is 10.0 Å². The van der Waals surface area contributed by atoms with E-state index in [9.17, 15) is 21.6 Å². The molecule has 118 valence electrons. The molecule has 0 saturated heterocycles. The van der Waals surface area contributed by atoms with Crippen LogP contribution in [0.2, 0.25) is 5.02 Å². The minimum atomic E-state index is -4.24. The second-order valence-electron chi connectivity index (χ2n) is 4.15. The maximum Gasteiger partial charge on any atom is 0.265 e. The molecule has 0 amide bonds. The summed E-state index contributed by atoms with van der Waals surface area (Å²) in [6.45, 7) is 0. The highest BCUT2D eigenvalue weighted by Gasteiger charge is 2.21. The van der Waals surface area contributed by atoms with Crippen molar-refractivity contribution in [3.8, 4) is 5.75 Å². The average Bonchev–Trinajstić information content (AvgIpc) is 2.44. The van der Waals surface area contributed by atoms with Gasteiger partial charge in [0.2, 0.25) is 0 Å². The van der Waals surface area contributed by atoms with Crippen molar-refractivity contribution in [2.75, 3.05) is 11.8 Å². The number of methoxy groups -OCH3 is 1. The number of sulfonamides is 1. The third kappa shape index (κ3) is 3.28. The van der Waals surface area contributed by atoms with E-state index in [0.717, 1.165) is 6.07 Å². The summed E-state index contributed by atoms with van der Waals surface area (Å²) in [5.74, 6) is -4.74.